The Morgan fingerprint density at radius 1 is 0.667 bits per heavy atom. The molecule has 8 heteroatoms. The molecule has 0 spiro atoms. The van der Waals surface area contributed by atoms with Crippen molar-refractivity contribution in [1.82, 2.24) is 0 Å². The molecule has 0 rings (SSSR count). The summed E-state index contributed by atoms with van der Waals surface area (Å²) in [7, 11) is -5.52. The van der Waals surface area contributed by atoms with Gasteiger partial charge in [0.05, 0.1) is 0 Å². The van der Waals surface area contributed by atoms with Gasteiger partial charge in [0.15, 0.2) is 0 Å². The van der Waals surface area contributed by atoms with E-state index in [1.54, 1.807) is 24.6 Å². The molecule has 0 aliphatic heterocycles. The van der Waals surface area contributed by atoms with Crippen LogP contribution in [0.1, 0.15) is 79.1 Å². The maximum atomic E-state index is 8.88. The quantitative estimate of drug-likeness (QED) is 0.364. The molecular weight excluding hydrogens is 373 g/mol. The Balaban J connectivity index is -0.000000250. The zero-order valence-electron chi connectivity index (χ0n) is 16.0. The maximum absolute atomic E-state index is 8.88. The van der Waals surface area contributed by atoms with Crippen molar-refractivity contribution in [3.63, 3.8) is 0 Å². The molecule has 0 aliphatic carbocycles. The number of hydrogen-bond donors (Lipinski definition) is 3. The van der Waals surface area contributed by atoms with Crippen LogP contribution in [0.3, 0.4) is 0 Å². The van der Waals surface area contributed by atoms with Crippen LogP contribution < -0.4 is 0 Å². The van der Waals surface area contributed by atoms with Gasteiger partial charge in [0.1, 0.15) is 0 Å². The number of halogens is 2. The molecule has 0 bridgehead atoms. The third-order valence-corrected chi connectivity index (χ3v) is 9.90. The van der Waals surface area contributed by atoms with Crippen LogP contribution in [0.5, 0.6) is 0 Å². The minimum Gasteiger partial charge on any atom is -0.303 e. The first-order valence-electron chi connectivity index (χ1n) is 9.03. The van der Waals surface area contributed by atoms with Crippen LogP contribution in [0.4, 0.5) is 4.70 Å². The van der Waals surface area contributed by atoms with Gasteiger partial charge in [-0.05, 0) is 0 Å². The standard InChI is InChI=1S/C16H37P.ClH.FH.H3O4P/c1-5-9-13-17(14-10-6-2,15-11-7-3)16-12-8-4;;;1-5(2,3)4/h17H,5-16H2,1-4H3;2*1H;(H3,1,2,3,4). The molecular formula is C16H42ClFO4P2. The third-order valence-electron chi connectivity index (χ3n) is 4.24. The molecule has 4 nitrogen and oxygen atoms in total. The van der Waals surface area contributed by atoms with E-state index >= 15 is 0 Å². The van der Waals surface area contributed by atoms with E-state index in [2.05, 4.69) is 27.7 Å². The van der Waals surface area contributed by atoms with Crippen molar-refractivity contribution >= 4 is 27.5 Å². The monoisotopic (exact) mass is 414 g/mol. The molecule has 0 radical (unpaired) electrons. The zero-order chi connectivity index (χ0) is 17.5. The second kappa shape index (κ2) is 20.1. The fourth-order valence-corrected chi connectivity index (χ4v) is 8.87. The van der Waals surface area contributed by atoms with Crippen LogP contribution in [-0.4, -0.2) is 39.3 Å². The van der Waals surface area contributed by atoms with E-state index in [0.29, 0.717) is 0 Å². The zero-order valence-corrected chi connectivity index (χ0v) is 18.7. The van der Waals surface area contributed by atoms with E-state index in [9.17, 15) is 0 Å². The molecule has 0 saturated carbocycles. The number of rotatable bonds is 12. The summed E-state index contributed by atoms with van der Waals surface area (Å²) in [6.07, 6.45) is 18.1. The molecule has 0 amide bonds. The predicted octanol–water partition coefficient (Wildman–Crippen LogP) is 5.58. The topological polar surface area (TPSA) is 77.8 Å². The smallest absolute Gasteiger partial charge is 0.303 e. The Labute approximate surface area is 155 Å². The first kappa shape index (κ1) is 32.4. The molecule has 0 saturated heterocycles. The molecule has 3 N–H and O–H groups in total. The Morgan fingerprint density at radius 3 is 0.958 bits per heavy atom. The molecule has 0 heterocycles. The Morgan fingerprint density at radius 2 is 0.833 bits per heavy atom. The molecule has 154 valence electrons. The number of phosphoric acid groups is 1. The van der Waals surface area contributed by atoms with E-state index in [1.807, 2.05) is 0 Å². The van der Waals surface area contributed by atoms with Gasteiger partial charge in [0, 0.05) is 0 Å². The van der Waals surface area contributed by atoms with Crippen molar-refractivity contribution in [2.75, 3.05) is 24.6 Å². The van der Waals surface area contributed by atoms with Crippen LogP contribution in [0.25, 0.3) is 0 Å². The number of hydrogen-bond acceptors (Lipinski definition) is 1. The Kier molecular flexibility index (Phi) is 27.1. The van der Waals surface area contributed by atoms with Gasteiger partial charge in [-0.15, -0.1) is 12.4 Å². The van der Waals surface area contributed by atoms with Crippen LogP contribution in [-0.2, 0) is 4.57 Å². The van der Waals surface area contributed by atoms with Gasteiger partial charge in [-0.1, -0.05) is 0 Å². The first-order chi connectivity index (χ1) is 10.2. The van der Waals surface area contributed by atoms with Crippen LogP contribution in [0, 0.1) is 0 Å². The van der Waals surface area contributed by atoms with Gasteiger partial charge in [-0.2, -0.15) is 0 Å². The second-order valence-corrected chi connectivity index (χ2v) is 12.5. The van der Waals surface area contributed by atoms with Crippen LogP contribution in [0.2, 0.25) is 0 Å². The Bertz CT molecular complexity index is 245. The number of unbranched alkanes of at least 4 members (excludes halogenated alkanes) is 4. The molecule has 0 unspecified atom stereocenters. The molecule has 0 atom stereocenters. The van der Waals surface area contributed by atoms with E-state index < -0.39 is 15.1 Å². The summed E-state index contributed by atoms with van der Waals surface area (Å²) in [4.78, 5) is 21.6. The summed E-state index contributed by atoms with van der Waals surface area (Å²) in [6.45, 7) is 9.44. The van der Waals surface area contributed by atoms with E-state index in [4.69, 9.17) is 19.2 Å². The predicted molar refractivity (Wildman–Crippen MR) is 111 cm³/mol. The molecule has 0 aliphatic rings. The summed E-state index contributed by atoms with van der Waals surface area (Å²) < 4.78 is 8.88. The summed E-state index contributed by atoms with van der Waals surface area (Å²) in [5, 5.41) is 0. The average Bonchev–Trinajstić information content (AvgIpc) is 2.44. The van der Waals surface area contributed by atoms with Gasteiger partial charge < -0.3 is 14.7 Å². The fourth-order valence-electron chi connectivity index (χ4n) is 2.96. The minimum absolute atomic E-state index is 0. The van der Waals surface area contributed by atoms with Crippen molar-refractivity contribution in [2.24, 2.45) is 0 Å². The van der Waals surface area contributed by atoms with Gasteiger partial charge in [0.25, 0.3) is 0 Å². The molecule has 0 aromatic carbocycles. The molecule has 0 fully saturated rings. The van der Waals surface area contributed by atoms with Gasteiger partial charge in [-0.25, -0.2) is 4.57 Å². The summed E-state index contributed by atoms with van der Waals surface area (Å²) in [6, 6.07) is 0. The fraction of sp³-hybridized carbons (Fsp3) is 1.00. The van der Waals surface area contributed by atoms with Crippen LogP contribution in [0.15, 0.2) is 0 Å². The average molecular weight is 415 g/mol. The Hall–Kier alpha value is 0.760. The van der Waals surface area contributed by atoms with Crippen LogP contribution >= 0.6 is 27.5 Å². The van der Waals surface area contributed by atoms with E-state index in [-0.39, 0.29) is 17.1 Å². The molecule has 0 aromatic rings. The molecule has 24 heavy (non-hydrogen) atoms. The van der Waals surface area contributed by atoms with Crippen molar-refractivity contribution in [3.8, 4) is 0 Å². The van der Waals surface area contributed by atoms with E-state index in [1.165, 1.54) is 51.4 Å². The second-order valence-electron chi connectivity index (χ2n) is 6.43. The van der Waals surface area contributed by atoms with Gasteiger partial charge in [-0.3, -0.25) is 4.70 Å². The summed E-state index contributed by atoms with van der Waals surface area (Å²) in [5.41, 5.74) is 0. The minimum atomic E-state index is -4.64. The summed E-state index contributed by atoms with van der Waals surface area (Å²) >= 11 is 0. The van der Waals surface area contributed by atoms with Gasteiger partial charge >= 0.3 is 119 Å². The third kappa shape index (κ3) is 25.0. The van der Waals surface area contributed by atoms with Crippen molar-refractivity contribution in [1.29, 1.82) is 0 Å². The molecule has 0 aromatic heterocycles. The van der Waals surface area contributed by atoms with Crippen molar-refractivity contribution in [2.45, 2.75) is 79.1 Å². The maximum Gasteiger partial charge on any atom is 0.466 e. The normalized spacial score (nSPS) is 11.6. The van der Waals surface area contributed by atoms with Gasteiger partial charge in [0.2, 0.25) is 0 Å². The summed E-state index contributed by atoms with van der Waals surface area (Å²) in [5.74, 6) is 0. The SMILES string of the molecule is CCCC[PH](CCCC)(CCCC)CCCC.Cl.F.O=P(O)(O)O. The van der Waals surface area contributed by atoms with E-state index in [0.717, 1.165) is 0 Å². The van der Waals surface area contributed by atoms with Crippen molar-refractivity contribution in [3.05, 3.63) is 0 Å². The first-order valence-corrected chi connectivity index (χ1v) is 13.4. The largest absolute Gasteiger partial charge is 0.466 e. The van der Waals surface area contributed by atoms with Crippen molar-refractivity contribution < 1.29 is 23.9 Å².